The molecule has 7 heteroatoms. The maximum atomic E-state index is 13.9. The molecule has 0 saturated heterocycles. The molecular weight excluding hydrogens is 298 g/mol. The highest BCUT2D eigenvalue weighted by atomic mass is 32.2. The van der Waals surface area contributed by atoms with Crippen LogP contribution in [-0.2, 0) is 16.6 Å². The normalized spacial score (nSPS) is 22.7. The van der Waals surface area contributed by atoms with E-state index >= 15 is 0 Å². The number of sulfonamides is 1. The molecule has 0 bridgehead atoms. The molecule has 0 aromatic heterocycles. The summed E-state index contributed by atoms with van der Waals surface area (Å²) in [5.74, 6) is -2.27. The second kappa shape index (κ2) is 6.37. The Bertz CT molecular complexity index is 620. The van der Waals surface area contributed by atoms with Crippen LogP contribution < -0.4 is 10.0 Å². The number of nitrogens with one attached hydrogen (secondary N) is 2. The quantitative estimate of drug-likeness (QED) is 0.874. The van der Waals surface area contributed by atoms with E-state index in [1.165, 1.54) is 6.07 Å². The van der Waals surface area contributed by atoms with Crippen molar-refractivity contribution < 1.29 is 17.2 Å². The fourth-order valence-electron chi connectivity index (χ4n) is 2.70. The van der Waals surface area contributed by atoms with Crippen molar-refractivity contribution in [3.63, 3.8) is 0 Å². The van der Waals surface area contributed by atoms with Crippen LogP contribution in [0.3, 0.4) is 0 Å². The molecule has 0 amide bonds. The summed E-state index contributed by atoms with van der Waals surface area (Å²) in [5, 5.41) is 2.79. The van der Waals surface area contributed by atoms with Gasteiger partial charge in [-0.2, -0.15) is 0 Å². The Hall–Kier alpha value is -1.05. The Morgan fingerprint density at radius 2 is 2.00 bits per heavy atom. The van der Waals surface area contributed by atoms with Gasteiger partial charge >= 0.3 is 0 Å². The van der Waals surface area contributed by atoms with Crippen molar-refractivity contribution in [2.24, 2.45) is 5.92 Å². The van der Waals surface area contributed by atoms with Gasteiger partial charge in [0, 0.05) is 12.6 Å². The molecule has 21 heavy (non-hydrogen) atoms. The molecule has 2 atom stereocenters. The summed E-state index contributed by atoms with van der Waals surface area (Å²) in [6, 6.07) is 1.96. The monoisotopic (exact) mass is 318 g/mol. The largest absolute Gasteiger partial charge is 0.316 e. The van der Waals surface area contributed by atoms with Crippen LogP contribution in [0.5, 0.6) is 0 Å². The number of hydrogen-bond donors (Lipinski definition) is 2. The third-order valence-electron chi connectivity index (χ3n) is 3.89. The minimum Gasteiger partial charge on any atom is -0.316 e. The van der Waals surface area contributed by atoms with Gasteiger partial charge in [0.1, 0.15) is 4.90 Å². The summed E-state index contributed by atoms with van der Waals surface area (Å²) in [6.07, 6.45) is 2.59. The zero-order chi connectivity index (χ0) is 15.6. The lowest BCUT2D eigenvalue weighted by Gasteiger charge is -2.18. The van der Waals surface area contributed by atoms with Crippen LogP contribution >= 0.6 is 0 Å². The van der Waals surface area contributed by atoms with Crippen LogP contribution in [0.15, 0.2) is 17.0 Å². The first-order chi connectivity index (χ1) is 9.85. The van der Waals surface area contributed by atoms with Gasteiger partial charge in [0.25, 0.3) is 0 Å². The van der Waals surface area contributed by atoms with E-state index in [9.17, 15) is 17.2 Å². The summed E-state index contributed by atoms with van der Waals surface area (Å²) >= 11 is 0. The van der Waals surface area contributed by atoms with Crippen LogP contribution in [0, 0.1) is 17.6 Å². The smallest absolute Gasteiger partial charge is 0.243 e. The average molecular weight is 318 g/mol. The Morgan fingerprint density at radius 3 is 2.57 bits per heavy atom. The molecule has 1 aromatic rings. The van der Waals surface area contributed by atoms with Crippen LogP contribution in [0.25, 0.3) is 0 Å². The molecule has 1 aliphatic carbocycles. The molecule has 4 nitrogen and oxygen atoms in total. The van der Waals surface area contributed by atoms with Gasteiger partial charge in [-0.3, -0.25) is 0 Å². The fraction of sp³-hybridized carbons (Fsp3) is 0.571. The fourth-order valence-corrected chi connectivity index (χ4v) is 4.22. The molecule has 118 valence electrons. The van der Waals surface area contributed by atoms with Gasteiger partial charge in [0.2, 0.25) is 10.0 Å². The lowest BCUT2D eigenvalue weighted by molar-refractivity contribution is 0.462. The average Bonchev–Trinajstić information content (AvgIpc) is 2.79. The van der Waals surface area contributed by atoms with E-state index in [1.807, 2.05) is 6.92 Å². The van der Waals surface area contributed by atoms with Gasteiger partial charge in [0.15, 0.2) is 11.6 Å². The molecular formula is C14H20F2N2O2S. The van der Waals surface area contributed by atoms with E-state index in [1.54, 1.807) is 7.05 Å². The molecule has 1 aromatic carbocycles. The molecule has 2 unspecified atom stereocenters. The molecule has 0 radical (unpaired) electrons. The maximum absolute atomic E-state index is 13.9. The van der Waals surface area contributed by atoms with E-state index in [0.717, 1.165) is 25.3 Å². The molecule has 1 aliphatic rings. The van der Waals surface area contributed by atoms with Crippen LogP contribution in [0.4, 0.5) is 8.78 Å². The first-order valence-electron chi connectivity index (χ1n) is 7.00. The molecule has 2 rings (SSSR count). The maximum Gasteiger partial charge on any atom is 0.243 e. The third-order valence-corrected chi connectivity index (χ3v) is 5.38. The van der Waals surface area contributed by atoms with E-state index in [0.29, 0.717) is 5.56 Å². The highest BCUT2D eigenvalue weighted by Gasteiger charge is 2.30. The summed E-state index contributed by atoms with van der Waals surface area (Å²) in [5.41, 5.74) is 0.385. The molecule has 1 fully saturated rings. The first-order valence-corrected chi connectivity index (χ1v) is 8.48. The topological polar surface area (TPSA) is 58.2 Å². The SMILES string of the molecule is CNCc1cc(F)c(F)c(S(=O)(=O)NC2CCCC2C)c1. The summed E-state index contributed by atoms with van der Waals surface area (Å²) in [6.45, 7) is 2.22. The van der Waals surface area contributed by atoms with Crippen molar-refractivity contribution in [2.45, 2.75) is 43.7 Å². The standard InChI is InChI=1S/C14H20F2N2O2S/c1-9-4-3-5-12(9)18-21(19,20)13-7-10(8-17-2)6-11(15)14(13)16/h6-7,9,12,17-18H,3-5,8H2,1-2H3. The van der Waals surface area contributed by atoms with E-state index in [-0.39, 0.29) is 18.5 Å². The molecule has 1 saturated carbocycles. The van der Waals surface area contributed by atoms with Gasteiger partial charge in [0.05, 0.1) is 0 Å². The number of halogens is 2. The van der Waals surface area contributed by atoms with Gasteiger partial charge in [-0.15, -0.1) is 0 Å². The van der Waals surface area contributed by atoms with Gasteiger partial charge < -0.3 is 5.32 Å². The van der Waals surface area contributed by atoms with Crippen molar-refractivity contribution in [3.8, 4) is 0 Å². The number of hydrogen-bond acceptors (Lipinski definition) is 3. The molecule has 0 spiro atoms. The Morgan fingerprint density at radius 1 is 1.29 bits per heavy atom. The predicted molar refractivity (Wildman–Crippen MR) is 76.2 cm³/mol. The number of rotatable bonds is 5. The van der Waals surface area contributed by atoms with Crippen molar-refractivity contribution in [1.29, 1.82) is 0 Å². The van der Waals surface area contributed by atoms with Crippen molar-refractivity contribution in [3.05, 3.63) is 29.3 Å². The molecule has 2 N–H and O–H groups in total. The lowest BCUT2D eigenvalue weighted by atomic mass is 10.1. The van der Waals surface area contributed by atoms with Crippen LogP contribution in [0.1, 0.15) is 31.7 Å². The highest BCUT2D eigenvalue weighted by Crippen LogP contribution is 2.27. The summed E-state index contributed by atoms with van der Waals surface area (Å²) in [4.78, 5) is -0.619. The second-order valence-electron chi connectivity index (χ2n) is 5.56. The van der Waals surface area contributed by atoms with Crippen LogP contribution in [0.2, 0.25) is 0 Å². The zero-order valence-electron chi connectivity index (χ0n) is 12.1. The van der Waals surface area contributed by atoms with Gasteiger partial charge in [-0.25, -0.2) is 21.9 Å². The first kappa shape index (κ1) is 16.3. The lowest BCUT2D eigenvalue weighted by Crippen LogP contribution is -2.37. The van der Waals surface area contributed by atoms with E-state index in [2.05, 4.69) is 10.0 Å². The van der Waals surface area contributed by atoms with E-state index < -0.39 is 26.6 Å². The second-order valence-corrected chi connectivity index (χ2v) is 7.24. The van der Waals surface area contributed by atoms with Crippen LogP contribution in [-0.4, -0.2) is 21.5 Å². The van der Waals surface area contributed by atoms with Crippen molar-refractivity contribution >= 4 is 10.0 Å². The Kier molecular flexibility index (Phi) is 4.95. The Labute approximate surface area is 124 Å². The third kappa shape index (κ3) is 3.59. The zero-order valence-corrected chi connectivity index (χ0v) is 12.9. The van der Waals surface area contributed by atoms with Crippen molar-refractivity contribution in [2.75, 3.05) is 7.05 Å². The van der Waals surface area contributed by atoms with E-state index in [4.69, 9.17) is 0 Å². The molecule has 0 aliphatic heterocycles. The van der Waals surface area contributed by atoms with Crippen molar-refractivity contribution in [1.82, 2.24) is 10.0 Å². The molecule has 0 heterocycles. The predicted octanol–water partition coefficient (Wildman–Crippen LogP) is 2.15. The highest BCUT2D eigenvalue weighted by molar-refractivity contribution is 7.89. The van der Waals surface area contributed by atoms with Gasteiger partial charge in [-0.1, -0.05) is 13.3 Å². The number of benzene rings is 1. The Balaban J connectivity index is 2.34. The summed E-state index contributed by atoms with van der Waals surface area (Å²) in [7, 11) is -2.42. The summed E-state index contributed by atoms with van der Waals surface area (Å²) < 4.78 is 54.6. The van der Waals surface area contributed by atoms with Gasteiger partial charge in [-0.05, 0) is 43.5 Å². The minimum absolute atomic E-state index is 0.202. The minimum atomic E-state index is -4.06.